The number of ether oxygens (including phenoxy) is 2. The van der Waals surface area contributed by atoms with E-state index in [4.69, 9.17) is 9.47 Å². The Morgan fingerprint density at radius 3 is 1.41 bits per heavy atom. The van der Waals surface area contributed by atoms with Gasteiger partial charge in [0.2, 0.25) is 11.8 Å². The summed E-state index contributed by atoms with van der Waals surface area (Å²) in [5, 5.41) is 23.7. The first kappa shape index (κ1) is 24.8. The zero-order valence-corrected chi connectivity index (χ0v) is 17.4. The molecule has 0 unspecified atom stereocenters. The summed E-state index contributed by atoms with van der Waals surface area (Å²) < 4.78 is 10.0. The van der Waals surface area contributed by atoms with Crippen LogP contribution in [0.25, 0.3) is 0 Å². The second-order valence-corrected chi connectivity index (χ2v) is 7.68. The van der Waals surface area contributed by atoms with E-state index in [2.05, 4.69) is 10.6 Å². The fourth-order valence-corrected chi connectivity index (χ4v) is 3.12. The van der Waals surface area contributed by atoms with Gasteiger partial charge in [0.25, 0.3) is 0 Å². The van der Waals surface area contributed by atoms with E-state index in [1.165, 1.54) is 0 Å². The van der Waals surface area contributed by atoms with Crippen LogP contribution in [-0.4, -0.2) is 71.5 Å². The van der Waals surface area contributed by atoms with Crippen LogP contribution in [0.4, 0.5) is 0 Å². The van der Waals surface area contributed by atoms with E-state index in [0.29, 0.717) is 12.8 Å². The number of aliphatic hydroxyl groups excluding tert-OH is 2. The second kappa shape index (κ2) is 11.1. The summed E-state index contributed by atoms with van der Waals surface area (Å²) in [7, 11) is 0. The lowest BCUT2D eigenvalue weighted by Crippen LogP contribution is -2.58. The fourth-order valence-electron chi connectivity index (χ4n) is 3.12. The van der Waals surface area contributed by atoms with Crippen LogP contribution in [0.5, 0.6) is 0 Å². The Balaban J connectivity index is 2.94. The average Bonchev–Trinajstić information content (AvgIpc) is 3.13. The van der Waals surface area contributed by atoms with Gasteiger partial charge in [-0.1, -0.05) is 12.8 Å². The summed E-state index contributed by atoms with van der Waals surface area (Å²) in [5.41, 5.74) is -1.52. The van der Waals surface area contributed by atoms with E-state index in [1.54, 1.807) is 27.7 Å². The minimum atomic E-state index is -1.52. The van der Waals surface area contributed by atoms with E-state index in [9.17, 15) is 29.4 Å². The predicted molar refractivity (Wildman–Crippen MR) is 101 cm³/mol. The third kappa shape index (κ3) is 6.67. The predicted octanol–water partition coefficient (Wildman–Crippen LogP) is -0.596. The van der Waals surface area contributed by atoms with Crippen molar-refractivity contribution in [3.8, 4) is 0 Å². The van der Waals surface area contributed by atoms with Gasteiger partial charge >= 0.3 is 11.9 Å². The Morgan fingerprint density at radius 2 is 1.14 bits per heavy atom. The molecule has 0 aromatic heterocycles. The highest BCUT2D eigenvalue weighted by molar-refractivity contribution is 6.07. The minimum absolute atomic E-state index is 0.208. The van der Waals surface area contributed by atoms with Crippen LogP contribution in [-0.2, 0) is 28.7 Å². The lowest BCUT2D eigenvalue weighted by Gasteiger charge is -2.30. The molecule has 1 saturated carbocycles. The van der Waals surface area contributed by atoms with Crippen molar-refractivity contribution in [1.82, 2.24) is 10.6 Å². The first-order valence-electron chi connectivity index (χ1n) is 9.82. The van der Waals surface area contributed by atoms with E-state index in [-0.39, 0.29) is 12.8 Å². The number of hydrogen-bond donors (Lipinski definition) is 4. The molecule has 0 aliphatic heterocycles. The summed E-state index contributed by atoms with van der Waals surface area (Å²) in [6.07, 6.45) is 0.741. The number of amides is 2. The van der Waals surface area contributed by atoms with Crippen molar-refractivity contribution in [1.29, 1.82) is 0 Å². The number of hydrogen-bond acceptors (Lipinski definition) is 8. The van der Waals surface area contributed by atoms with Crippen molar-refractivity contribution in [2.75, 3.05) is 13.2 Å². The maximum absolute atomic E-state index is 12.9. The Bertz CT molecular complexity index is 553. The molecule has 0 spiro atoms. The van der Waals surface area contributed by atoms with Gasteiger partial charge in [-0.3, -0.25) is 9.59 Å². The largest absolute Gasteiger partial charge is 0.461 e. The van der Waals surface area contributed by atoms with Crippen LogP contribution in [0, 0.1) is 5.41 Å². The standard InChI is InChI=1S/C19H32N2O8/c1-11(2)28-15(24)13(9-22)20-17(26)19(7-5-6-8-19)18(27)21-14(10-23)16(25)29-12(3)4/h11-14,22-23H,5-10H2,1-4H3,(H,20,26)(H,21,27)/t13-,14-/m1/s1. The van der Waals surface area contributed by atoms with Crippen molar-refractivity contribution in [2.45, 2.75) is 77.7 Å². The van der Waals surface area contributed by atoms with Crippen molar-refractivity contribution in [3.05, 3.63) is 0 Å². The number of esters is 2. The molecule has 0 bridgehead atoms. The highest BCUT2D eigenvalue weighted by Crippen LogP contribution is 2.39. The van der Waals surface area contributed by atoms with E-state index in [1.807, 2.05) is 0 Å². The maximum Gasteiger partial charge on any atom is 0.331 e. The molecule has 0 heterocycles. The molecule has 1 rings (SSSR count). The molecular formula is C19H32N2O8. The number of carbonyl (C=O) groups is 4. The molecule has 1 aliphatic rings. The van der Waals surface area contributed by atoms with Crippen LogP contribution < -0.4 is 10.6 Å². The first-order valence-corrected chi connectivity index (χ1v) is 9.82. The van der Waals surface area contributed by atoms with Crippen LogP contribution in [0.2, 0.25) is 0 Å². The lowest BCUT2D eigenvalue weighted by molar-refractivity contribution is -0.157. The molecule has 4 N–H and O–H groups in total. The third-order valence-corrected chi connectivity index (χ3v) is 4.57. The van der Waals surface area contributed by atoms with Crippen LogP contribution in [0.1, 0.15) is 53.4 Å². The van der Waals surface area contributed by atoms with Gasteiger partial charge in [0, 0.05) is 0 Å². The average molecular weight is 416 g/mol. The summed E-state index contributed by atoms with van der Waals surface area (Å²) in [5.74, 6) is -3.08. The molecule has 2 atom stereocenters. The molecule has 0 radical (unpaired) electrons. The number of rotatable bonds is 10. The molecule has 0 aromatic carbocycles. The van der Waals surface area contributed by atoms with Gasteiger partial charge in [-0.15, -0.1) is 0 Å². The Labute approximate surface area is 170 Å². The molecule has 10 heteroatoms. The highest BCUT2D eigenvalue weighted by Gasteiger charge is 2.49. The molecule has 0 aromatic rings. The van der Waals surface area contributed by atoms with Gasteiger partial charge in [0.15, 0.2) is 12.1 Å². The number of aliphatic hydroxyl groups is 2. The second-order valence-electron chi connectivity index (χ2n) is 7.68. The van der Waals surface area contributed by atoms with E-state index < -0.39 is 66.7 Å². The summed E-state index contributed by atoms with van der Waals surface area (Å²) in [6.45, 7) is 5.15. The third-order valence-electron chi connectivity index (χ3n) is 4.57. The van der Waals surface area contributed by atoms with Gasteiger partial charge in [-0.05, 0) is 40.5 Å². The lowest BCUT2D eigenvalue weighted by atomic mass is 9.83. The Kier molecular flexibility index (Phi) is 9.51. The van der Waals surface area contributed by atoms with E-state index in [0.717, 1.165) is 0 Å². The van der Waals surface area contributed by atoms with Gasteiger partial charge in [0.1, 0.15) is 5.41 Å². The maximum atomic E-state index is 12.9. The fraction of sp³-hybridized carbons (Fsp3) is 0.789. The first-order chi connectivity index (χ1) is 13.6. The number of nitrogens with one attached hydrogen (secondary N) is 2. The molecule has 10 nitrogen and oxygen atoms in total. The van der Waals surface area contributed by atoms with Crippen LogP contribution >= 0.6 is 0 Å². The van der Waals surface area contributed by atoms with Gasteiger partial charge in [-0.2, -0.15) is 0 Å². The Hall–Kier alpha value is -2.20. The molecule has 2 amide bonds. The van der Waals surface area contributed by atoms with Crippen molar-refractivity contribution >= 4 is 23.8 Å². The SMILES string of the molecule is CC(C)OC(=O)[C@@H](CO)NC(=O)C1(C(=O)N[C@H](CO)C(=O)OC(C)C)CCCC1. The smallest absolute Gasteiger partial charge is 0.331 e. The minimum Gasteiger partial charge on any atom is -0.461 e. The molecule has 0 saturated heterocycles. The highest BCUT2D eigenvalue weighted by atomic mass is 16.5. The zero-order valence-electron chi connectivity index (χ0n) is 17.4. The summed E-state index contributed by atoms with van der Waals surface area (Å²) in [4.78, 5) is 49.9. The van der Waals surface area contributed by atoms with Crippen molar-refractivity contribution < 1.29 is 38.9 Å². The van der Waals surface area contributed by atoms with Crippen molar-refractivity contribution in [2.24, 2.45) is 5.41 Å². The van der Waals surface area contributed by atoms with Crippen LogP contribution in [0.15, 0.2) is 0 Å². The Morgan fingerprint density at radius 1 is 0.793 bits per heavy atom. The van der Waals surface area contributed by atoms with Gasteiger partial charge < -0.3 is 30.3 Å². The topological polar surface area (TPSA) is 151 Å². The number of carbonyl (C=O) groups excluding carboxylic acids is 4. The van der Waals surface area contributed by atoms with Gasteiger partial charge in [-0.25, -0.2) is 9.59 Å². The molecular weight excluding hydrogens is 384 g/mol. The van der Waals surface area contributed by atoms with Gasteiger partial charge in [0.05, 0.1) is 25.4 Å². The molecule has 1 fully saturated rings. The zero-order chi connectivity index (χ0) is 22.2. The molecule has 29 heavy (non-hydrogen) atoms. The quantitative estimate of drug-likeness (QED) is 0.272. The molecule has 166 valence electrons. The monoisotopic (exact) mass is 416 g/mol. The van der Waals surface area contributed by atoms with E-state index >= 15 is 0 Å². The summed E-state index contributed by atoms with van der Waals surface area (Å²) >= 11 is 0. The van der Waals surface area contributed by atoms with Crippen LogP contribution in [0.3, 0.4) is 0 Å². The summed E-state index contributed by atoms with van der Waals surface area (Å²) in [6, 6.07) is -2.62. The van der Waals surface area contributed by atoms with Crippen molar-refractivity contribution in [3.63, 3.8) is 0 Å². The molecule has 1 aliphatic carbocycles. The normalized spacial score (nSPS) is 17.5.